The number of benzene rings is 6. The lowest BCUT2D eigenvalue weighted by atomic mass is 10.1. The highest BCUT2D eigenvalue weighted by molar-refractivity contribution is 6.10. The highest BCUT2D eigenvalue weighted by Gasteiger charge is 2.28. The van der Waals surface area contributed by atoms with Crippen LogP contribution in [0.2, 0.25) is 0 Å². The number of hydrogen-bond donors (Lipinski definition) is 0. The van der Waals surface area contributed by atoms with E-state index in [2.05, 4.69) is 92.0 Å². The second-order valence-corrected chi connectivity index (χ2v) is 14.5. The largest absolute Gasteiger partial charge is 0.457 e. The lowest BCUT2D eigenvalue weighted by Crippen LogP contribution is -2.24. The Hall–Kier alpha value is -8.30. The van der Waals surface area contributed by atoms with Crippen molar-refractivity contribution in [3.05, 3.63) is 195 Å². The van der Waals surface area contributed by atoms with Crippen molar-refractivity contribution in [3.63, 3.8) is 0 Å². The van der Waals surface area contributed by atoms with Gasteiger partial charge < -0.3 is 19.3 Å². The molecule has 0 bridgehead atoms. The molecule has 0 amide bonds. The molecule has 0 radical (unpaired) electrons. The summed E-state index contributed by atoms with van der Waals surface area (Å²) in [6, 6.07) is 56.8. The van der Waals surface area contributed by atoms with Crippen LogP contribution in [0, 0.1) is 0 Å². The molecule has 9 heteroatoms. The van der Waals surface area contributed by atoms with Crippen LogP contribution in [0.3, 0.4) is 0 Å². The fourth-order valence-corrected chi connectivity index (χ4v) is 8.05. The number of fused-ring (bicyclic) bond motifs is 5. The Bertz CT molecular complexity index is 3000. The van der Waals surface area contributed by atoms with E-state index >= 15 is 0 Å². The van der Waals surface area contributed by atoms with Crippen molar-refractivity contribution >= 4 is 50.2 Å². The van der Waals surface area contributed by atoms with E-state index in [0.29, 0.717) is 28.9 Å². The molecule has 0 saturated carbocycles. The SMILES string of the molecule is CN1c2ccccc2N(c2cnc(-n3c4cc(Oc5cccc(-c6ccccn6)c5)ccc4c4ccc(Oc5cccc(-c6ccccn6)c5)cc43)nc2)c2ccccc21. The summed E-state index contributed by atoms with van der Waals surface area (Å²) in [4.78, 5) is 23.7. The van der Waals surface area contributed by atoms with Crippen LogP contribution in [0.15, 0.2) is 195 Å². The zero-order valence-electron chi connectivity index (χ0n) is 32.4. The highest BCUT2D eigenvalue weighted by Crippen LogP contribution is 2.50. The standard InChI is InChI=1S/C51H35N7O2/c1-56-45-18-2-4-20-47(45)57(48-21-5-3-19-46(48)56)36-32-54-51(55-33-36)58-49-30-39(59-37-14-10-12-34(28-37)43-16-6-8-26-52-43)22-24-41(49)42-25-23-40(31-50(42)58)60-38-15-11-13-35(29-38)44-17-7-9-27-53-44/h2-33H,1H3. The van der Waals surface area contributed by atoms with Gasteiger partial charge in [0.25, 0.3) is 0 Å². The van der Waals surface area contributed by atoms with Crippen molar-refractivity contribution in [1.29, 1.82) is 0 Å². The van der Waals surface area contributed by atoms with Crippen LogP contribution in [-0.2, 0) is 0 Å². The zero-order chi connectivity index (χ0) is 40.0. The highest BCUT2D eigenvalue weighted by atomic mass is 16.5. The van der Waals surface area contributed by atoms with Crippen molar-refractivity contribution in [2.75, 3.05) is 16.8 Å². The van der Waals surface area contributed by atoms with Gasteiger partial charge in [-0.1, -0.05) is 60.7 Å². The van der Waals surface area contributed by atoms with Gasteiger partial charge in [-0.05, 0) is 97.1 Å². The Kier molecular flexibility index (Phi) is 8.48. The van der Waals surface area contributed by atoms with Crippen molar-refractivity contribution in [3.8, 4) is 51.5 Å². The number of rotatable bonds is 8. The second kappa shape index (κ2) is 14.6. The molecule has 0 fully saturated rings. The van der Waals surface area contributed by atoms with Gasteiger partial charge in [0.05, 0.1) is 63.3 Å². The van der Waals surface area contributed by atoms with Crippen LogP contribution in [0.4, 0.5) is 28.4 Å². The molecule has 0 saturated heterocycles. The van der Waals surface area contributed by atoms with Gasteiger partial charge in [0.2, 0.25) is 5.95 Å². The van der Waals surface area contributed by atoms with E-state index in [1.807, 2.05) is 122 Å². The molecule has 4 aromatic heterocycles. The van der Waals surface area contributed by atoms with Crippen molar-refractivity contribution in [2.24, 2.45) is 0 Å². The summed E-state index contributed by atoms with van der Waals surface area (Å²) in [7, 11) is 2.10. The molecule has 1 aliphatic rings. The number of nitrogens with zero attached hydrogens (tertiary/aromatic N) is 7. The quantitative estimate of drug-likeness (QED) is 0.151. The third-order valence-electron chi connectivity index (χ3n) is 10.8. The van der Waals surface area contributed by atoms with Crippen LogP contribution < -0.4 is 19.3 Å². The van der Waals surface area contributed by atoms with Crippen LogP contribution in [0.25, 0.3) is 50.3 Å². The van der Waals surface area contributed by atoms with Gasteiger partial charge in [-0.15, -0.1) is 0 Å². The third kappa shape index (κ3) is 6.22. The van der Waals surface area contributed by atoms with Gasteiger partial charge in [-0.2, -0.15) is 0 Å². The minimum atomic E-state index is 0.512. The number of hydrogen-bond acceptors (Lipinski definition) is 8. The minimum Gasteiger partial charge on any atom is -0.457 e. The van der Waals surface area contributed by atoms with Crippen molar-refractivity contribution < 1.29 is 9.47 Å². The Morgan fingerprint density at radius 3 is 1.37 bits per heavy atom. The lowest BCUT2D eigenvalue weighted by Gasteiger charge is -2.38. The molecular weight excluding hydrogens is 743 g/mol. The first-order valence-corrected chi connectivity index (χ1v) is 19.7. The van der Waals surface area contributed by atoms with Gasteiger partial charge in [0, 0.05) is 53.5 Å². The van der Waals surface area contributed by atoms with E-state index in [9.17, 15) is 0 Å². The van der Waals surface area contributed by atoms with E-state index in [4.69, 9.17) is 19.4 Å². The summed E-state index contributed by atoms with van der Waals surface area (Å²) in [5.41, 5.74) is 10.6. The van der Waals surface area contributed by atoms with E-state index in [0.717, 1.165) is 72.8 Å². The lowest BCUT2D eigenvalue weighted by molar-refractivity contribution is 0.483. The smallest absolute Gasteiger partial charge is 0.234 e. The summed E-state index contributed by atoms with van der Waals surface area (Å²) in [6.07, 6.45) is 7.38. The van der Waals surface area contributed by atoms with E-state index in [1.54, 1.807) is 12.4 Å². The third-order valence-corrected chi connectivity index (χ3v) is 10.8. The molecule has 11 rings (SSSR count). The topological polar surface area (TPSA) is 81.4 Å². The van der Waals surface area contributed by atoms with Gasteiger partial charge in [0.1, 0.15) is 23.0 Å². The number of anilines is 5. The fourth-order valence-electron chi connectivity index (χ4n) is 8.05. The molecule has 0 unspecified atom stereocenters. The van der Waals surface area contributed by atoms with Gasteiger partial charge in [-0.25, -0.2) is 9.97 Å². The monoisotopic (exact) mass is 777 g/mol. The predicted octanol–water partition coefficient (Wildman–Crippen LogP) is 12.8. The summed E-state index contributed by atoms with van der Waals surface area (Å²) in [6.45, 7) is 0. The Morgan fingerprint density at radius 2 is 0.883 bits per heavy atom. The molecule has 286 valence electrons. The van der Waals surface area contributed by atoms with Crippen LogP contribution in [0.1, 0.15) is 0 Å². The number of pyridine rings is 2. The van der Waals surface area contributed by atoms with E-state index in [1.165, 1.54) is 0 Å². The summed E-state index contributed by atoms with van der Waals surface area (Å²) >= 11 is 0. The number of aromatic nitrogens is 5. The number of para-hydroxylation sites is 4. The molecule has 0 aliphatic carbocycles. The molecule has 1 aliphatic heterocycles. The van der Waals surface area contributed by atoms with Crippen LogP contribution >= 0.6 is 0 Å². The number of ether oxygens (including phenoxy) is 2. The second-order valence-electron chi connectivity index (χ2n) is 14.5. The van der Waals surface area contributed by atoms with Crippen molar-refractivity contribution in [1.82, 2.24) is 24.5 Å². The van der Waals surface area contributed by atoms with Crippen LogP contribution in [-0.4, -0.2) is 31.6 Å². The molecule has 10 aromatic rings. The average molecular weight is 778 g/mol. The van der Waals surface area contributed by atoms with Crippen molar-refractivity contribution in [2.45, 2.75) is 0 Å². The Labute approximate surface area is 346 Å². The van der Waals surface area contributed by atoms with Crippen LogP contribution in [0.5, 0.6) is 23.0 Å². The first-order chi connectivity index (χ1) is 29.6. The average Bonchev–Trinajstić information content (AvgIpc) is 3.63. The molecule has 0 spiro atoms. The molecule has 9 nitrogen and oxygen atoms in total. The first-order valence-electron chi connectivity index (χ1n) is 19.7. The maximum absolute atomic E-state index is 6.54. The Morgan fingerprint density at radius 1 is 0.417 bits per heavy atom. The normalized spacial score (nSPS) is 12.0. The summed E-state index contributed by atoms with van der Waals surface area (Å²) in [5, 5.41) is 2.05. The maximum Gasteiger partial charge on any atom is 0.234 e. The summed E-state index contributed by atoms with van der Waals surface area (Å²) < 4.78 is 15.2. The molecule has 6 aromatic carbocycles. The Balaban J connectivity index is 1.02. The molecular formula is C51H35N7O2. The van der Waals surface area contributed by atoms with Gasteiger partial charge in [0.15, 0.2) is 0 Å². The maximum atomic E-state index is 6.54. The summed E-state index contributed by atoms with van der Waals surface area (Å²) in [5.74, 6) is 3.27. The predicted molar refractivity (Wildman–Crippen MR) is 239 cm³/mol. The molecule has 5 heterocycles. The molecule has 60 heavy (non-hydrogen) atoms. The molecule has 0 N–H and O–H groups in total. The molecule has 0 atom stereocenters. The van der Waals surface area contributed by atoms with E-state index < -0.39 is 0 Å². The minimum absolute atomic E-state index is 0.512. The zero-order valence-corrected chi connectivity index (χ0v) is 32.4. The van der Waals surface area contributed by atoms with E-state index in [-0.39, 0.29) is 0 Å². The fraction of sp³-hybridized carbons (Fsp3) is 0.0196. The first kappa shape index (κ1) is 34.9. The van der Waals surface area contributed by atoms with Gasteiger partial charge >= 0.3 is 0 Å². The van der Waals surface area contributed by atoms with Gasteiger partial charge in [-0.3, -0.25) is 14.5 Å².